The van der Waals surface area contributed by atoms with Gasteiger partial charge in [0.05, 0.1) is 18.8 Å². The van der Waals surface area contributed by atoms with Crippen molar-refractivity contribution in [3.05, 3.63) is 23.8 Å². The van der Waals surface area contributed by atoms with Crippen LogP contribution in [0.3, 0.4) is 0 Å². The van der Waals surface area contributed by atoms with Gasteiger partial charge in [-0.1, -0.05) is 0 Å². The third-order valence-corrected chi connectivity index (χ3v) is 3.18. The molecule has 5 nitrogen and oxygen atoms in total. The van der Waals surface area contributed by atoms with Crippen molar-refractivity contribution in [2.45, 2.75) is 20.0 Å². The Morgan fingerprint density at radius 2 is 2.00 bits per heavy atom. The maximum absolute atomic E-state index is 12.6. The lowest BCUT2D eigenvalue weighted by atomic mass is 10.1. The van der Waals surface area contributed by atoms with Crippen molar-refractivity contribution in [3.8, 4) is 11.5 Å². The van der Waals surface area contributed by atoms with Gasteiger partial charge in [0.2, 0.25) is 0 Å². The molecule has 5 heteroatoms. The molecule has 0 bridgehead atoms. The van der Waals surface area contributed by atoms with Crippen molar-refractivity contribution < 1.29 is 14.3 Å². The van der Waals surface area contributed by atoms with Crippen LogP contribution in [0, 0.1) is 0 Å². The van der Waals surface area contributed by atoms with Crippen LogP contribution in [0.1, 0.15) is 24.2 Å². The zero-order valence-electron chi connectivity index (χ0n) is 12.3. The molecule has 20 heavy (non-hydrogen) atoms. The summed E-state index contributed by atoms with van der Waals surface area (Å²) in [5.41, 5.74) is 0.563. The molecule has 1 amide bonds. The largest absolute Gasteiger partial charge is 0.496 e. The fourth-order valence-electron chi connectivity index (χ4n) is 2.24. The van der Waals surface area contributed by atoms with E-state index in [1.807, 2.05) is 24.8 Å². The first-order valence-corrected chi connectivity index (χ1v) is 6.96. The first-order chi connectivity index (χ1) is 9.61. The quantitative estimate of drug-likeness (QED) is 0.907. The average Bonchev–Trinajstić information content (AvgIpc) is 2.46. The number of ether oxygens (including phenoxy) is 2. The van der Waals surface area contributed by atoms with E-state index in [0.717, 1.165) is 26.2 Å². The molecule has 110 valence electrons. The Kier molecular flexibility index (Phi) is 4.84. The summed E-state index contributed by atoms with van der Waals surface area (Å²) in [6.45, 7) is 7.02. The second-order valence-electron chi connectivity index (χ2n) is 5.07. The van der Waals surface area contributed by atoms with Gasteiger partial charge >= 0.3 is 0 Å². The molecule has 1 aliphatic rings. The minimum absolute atomic E-state index is 0.00226. The maximum Gasteiger partial charge on any atom is 0.257 e. The van der Waals surface area contributed by atoms with Gasteiger partial charge in [-0.05, 0) is 32.0 Å². The number of benzene rings is 1. The zero-order valence-corrected chi connectivity index (χ0v) is 12.3. The SMILES string of the molecule is COc1ccc(OC(C)C)cc1C(=O)N1CCNCC1. The van der Waals surface area contributed by atoms with Crippen LogP contribution in [-0.2, 0) is 0 Å². The van der Waals surface area contributed by atoms with Gasteiger partial charge in [-0.3, -0.25) is 4.79 Å². The molecule has 1 aliphatic heterocycles. The van der Waals surface area contributed by atoms with Crippen molar-refractivity contribution in [1.29, 1.82) is 0 Å². The number of hydrogen-bond donors (Lipinski definition) is 1. The first kappa shape index (κ1) is 14.7. The Balaban J connectivity index is 2.24. The highest BCUT2D eigenvalue weighted by Crippen LogP contribution is 2.26. The van der Waals surface area contributed by atoms with E-state index >= 15 is 0 Å². The van der Waals surface area contributed by atoms with E-state index in [-0.39, 0.29) is 12.0 Å². The number of hydrogen-bond acceptors (Lipinski definition) is 4. The van der Waals surface area contributed by atoms with Crippen LogP contribution in [0.4, 0.5) is 0 Å². The number of carbonyl (C=O) groups is 1. The Bertz CT molecular complexity index is 468. The topological polar surface area (TPSA) is 50.8 Å². The second-order valence-corrected chi connectivity index (χ2v) is 5.07. The fourth-order valence-corrected chi connectivity index (χ4v) is 2.24. The molecule has 1 heterocycles. The molecule has 0 spiro atoms. The molecular formula is C15H22N2O3. The van der Waals surface area contributed by atoms with Crippen molar-refractivity contribution >= 4 is 5.91 Å². The monoisotopic (exact) mass is 278 g/mol. The van der Waals surface area contributed by atoms with Crippen molar-refractivity contribution in [2.75, 3.05) is 33.3 Å². The lowest BCUT2D eigenvalue weighted by Crippen LogP contribution is -2.46. The lowest BCUT2D eigenvalue weighted by Gasteiger charge is -2.28. The number of nitrogens with zero attached hydrogens (tertiary/aromatic N) is 1. The molecular weight excluding hydrogens is 256 g/mol. The van der Waals surface area contributed by atoms with E-state index in [0.29, 0.717) is 17.1 Å². The van der Waals surface area contributed by atoms with Crippen molar-refractivity contribution in [3.63, 3.8) is 0 Å². The summed E-state index contributed by atoms with van der Waals surface area (Å²) in [7, 11) is 1.58. The van der Waals surface area contributed by atoms with Gasteiger partial charge in [0, 0.05) is 26.2 Å². The van der Waals surface area contributed by atoms with Gasteiger partial charge in [-0.15, -0.1) is 0 Å². The Morgan fingerprint density at radius 3 is 2.60 bits per heavy atom. The summed E-state index contributed by atoms with van der Waals surface area (Å²) in [5, 5.41) is 3.24. The molecule has 0 saturated carbocycles. The molecule has 0 radical (unpaired) electrons. The minimum atomic E-state index is -0.00226. The highest BCUT2D eigenvalue weighted by molar-refractivity contribution is 5.97. The van der Waals surface area contributed by atoms with E-state index in [4.69, 9.17) is 9.47 Å². The smallest absolute Gasteiger partial charge is 0.257 e. The molecule has 1 aromatic carbocycles. The van der Waals surface area contributed by atoms with E-state index in [9.17, 15) is 4.79 Å². The van der Waals surface area contributed by atoms with Gasteiger partial charge in [-0.25, -0.2) is 0 Å². The predicted octanol–water partition coefficient (Wildman–Crippen LogP) is 1.53. The molecule has 1 aromatic rings. The molecule has 0 aromatic heterocycles. The summed E-state index contributed by atoms with van der Waals surface area (Å²) in [6, 6.07) is 5.38. The van der Waals surface area contributed by atoms with Gasteiger partial charge < -0.3 is 19.7 Å². The van der Waals surface area contributed by atoms with Crippen LogP contribution in [0.15, 0.2) is 18.2 Å². The van der Waals surface area contributed by atoms with E-state index in [1.165, 1.54) is 0 Å². The molecule has 0 aliphatic carbocycles. The Morgan fingerprint density at radius 1 is 1.30 bits per heavy atom. The second kappa shape index (κ2) is 6.61. The molecule has 1 saturated heterocycles. The average molecular weight is 278 g/mol. The molecule has 1 N–H and O–H groups in total. The maximum atomic E-state index is 12.6. The Hall–Kier alpha value is -1.75. The normalized spacial score (nSPS) is 15.3. The van der Waals surface area contributed by atoms with Crippen molar-refractivity contribution in [2.24, 2.45) is 0 Å². The number of amides is 1. The van der Waals surface area contributed by atoms with E-state index in [1.54, 1.807) is 19.2 Å². The molecule has 0 unspecified atom stereocenters. The molecule has 1 fully saturated rings. The van der Waals surface area contributed by atoms with Crippen LogP contribution in [0.2, 0.25) is 0 Å². The van der Waals surface area contributed by atoms with Gasteiger partial charge in [0.25, 0.3) is 5.91 Å². The predicted molar refractivity (Wildman–Crippen MR) is 77.5 cm³/mol. The standard InChI is InChI=1S/C15H22N2O3/c1-11(2)20-12-4-5-14(19-3)13(10-12)15(18)17-8-6-16-7-9-17/h4-5,10-11,16H,6-9H2,1-3H3. The summed E-state index contributed by atoms with van der Waals surface area (Å²) < 4.78 is 11.0. The van der Waals surface area contributed by atoms with Crippen LogP contribution in [0.25, 0.3) is 0 Å². The molecule has 0 atom stereocenters. The summed E-state index contributed by atoms with van der Waals surface area (Å²) >= 11 is 0. The number of piperazine rings is 1. The van der Waals surface area contributed by atoms with Crippen LogP contribution in [-0.4, -0.2) is 50.2 Å². The summed E-state index contributed by atoms with van der Waals surface area (Å²) in [4.78, 5) is 14.4. The number of methoxy groups -OCH3 is 1. The number of nitrogens with one attached hydrogen (secondary N) is 1. The summed E-state index contributed by atoms with van der Waals surface area (Å²) in [5.74, 6) is 1.28. The zero-order chi connectivity index (χ0) is 14.5. The Labute approximate surface area is 119 Å². The highest BCUT2D eigenvalue weighted by atomic mass is 16.5. The van der Waals surface area contributed by atoms with Crippen molar-refractivity contribution in [1.82, 2.24) is 10.2 Å². The highest BCUT2D eigenvalue weighted by Gasteiger charge is 2.22. The van der Waals surface area contributed by atoms with Gasteiger partial charge in [-0.2, -0.15) is 0 Å². The fraction of sp³-hybridized carbons (Fsp3) is 0.533. The lowest BCUT2D eigenvalue weighted by molar-refractivity contribution is 0.0731. The number of carbonyl (C=O) groups excluding carboxylic acids is 1. The van der Waals surface area contributed by atoms with E-state index in [2.05, 4.69) is 5.32 Å². The third-order valence-electron chi connectivity index (χ3n) is 3.18. The van der Waals surface area contributed by atoms with Crippen LogP contribution in [0.5, 0.6) is 11.5 Å². The van der Waals surface area contributed by atoms with Gasteiger partial charge in [0.15, 0.2) is 0 Å². The van der Waals surface area contributed by atoms with Crippen LogP contribution < -0.4 is 14.8 Å². The van der Waals surface area contributed by atoms with E-state index < -0.39 is 0 Å². The van der Waals surface area contributed by atoms with Gasteiger partial charge in [0.1, 0.15) is 11.5 Å². The first-order valence-electron chi connectivity index (χ1n) is 6.96. The number of rotatable bonds is 4. The molecule has 2 rings (SSSR count). The van der Waals surface area contributed by atoms with Crippen LogP contribution >= 0.6 is 0 Å². The summed E-state index contributed by atoms with van der Waals surface area (Å²) in [6.07, 6.45) is 0.0746. The minimum Gasteiger partial charge on any atom is -0.496 e. The third kappa shape index (κ3) is 3.42.